The number of anilines is 2. The maximum atomic E-state index is 12.3. The number of rotatable bonds is 5. The summed E-state index contributed by atoms with van der Waals surface area (Å²) in [6, 6.07) is 5.35. The van der Waals surface area contributed by atoms with Crippen molar-refractivity contribution in [3.63, 3.8) is 0 Å². The molecule has 2 heterocycles. The van der Waals surface area contributed by atoms with Crippen molar-refractivity contribution in [2.45, 2.75) is 17.2 Å². The van der Waals surface area contributed by atoms with E-state index in [0.717, 1.165) is 20.7 Å². The van der Waals surface area contributed by atoms with Crippen LogP contribution in [0.15, 0.2) is 22.5 Å². The van der Waals surface area contributed by atoms with E-state index in [-0.39, 0.29) is 17.6 Å². The first kappa shape index (κ1) is 15.0. The quantitative estimate of drug-likeness (QED) is 0.646. The number of ketones is 1. The molecule has 2 aromatic rings. The summed E-state index contributed by atoms with van der Waals surface area (Å²) in [6.07, 6.45) is 0. The molecule has 0 fully saturated rings. The van der Waals surface area contributed by atoms with Crippen LogP contribution < -0.4 is 10.6 Å². The number of hydrogen-bond acceptors (Lipinski definition) is 7. The van der Waals surface area contributed by atoms with E-state index in [1.165, 1.54) is 23.1 Å². The minimum atomic E-state index is -0.211. The zero-order valence-corrected chi connectivity index (χ0v) is 13.7. The maximum Gasteiger partial charge on any atom is 0.231 e. The summed E-state index contributed by atoms with van der Waals surface area (Å²) < 4.78 is 0.754. The number of aromatic nitrogens is 2. The fraction of sp³-hybridized carbons (Fsp3) is 0.286. The Morgan fingerprint density at radius 3 is 3.00 bits per heavy atom. The SMILES string of the molecule is CNc1nnc(SCC(=O)c2ccc3c(c2)[C@H](C)C(=O)N3)s1. The monoisotopic (exact) mass is 334 g/mol. The van der Waals surface area contributed by atoms with Gasteiger partial charge in [-0.1, -0.05) is 23.1 Å². The van der Waals surface area contributed by atoms with E-state index in [2.05, 4.69) is 20.8 Å². The third-order valence-electron chi connectivity index (χ3n) is 3.44. The summed E-state index contributed by atoms with van der Waals surface area (Å²) in [6.45, 7) is 1.84. The fourth-order valence-corrected chi connectivity index (χ4v) is 3.77. The van der Waals surface area contributed by atoms with Gasteiger partial charge in [0.15, 0.2) is 10.1 Å². The minimum absolute atomic E-state index is 0.0144. The molecule has 1 aliphatic heterocycles. The van der Waals surface area contributed by atoms with Gasteiger partial charge in [0, 0.05) is 18.3 Å². The topological polar surface area (TPSA) is 84.0 Å². The highest BCUT2D eigenvalue weighted by Gasteiger charge is 2.27. The molecule has 8 heteroatoms. The van der Waals surface area contributed by atoms with E-state index in [9.17, 15) is 9.59 Å². The van der Waals surface area contributed by atoms with Crippen LogP contribution in [0.25, 0.3) is 0 Å². The molecule has 0 radical (unpaired) electrons. The van der Waals surface area contributed by atoms with Crippen molar-refractivity contribution in [3.8, 4) is 0 Å². The first-order valence-corrected chi connectivity index (χ1v) is 8.50. The fourth-order valence-electron chi connectivity index (χ4n) is 2.17. The second kappa shape index (κ2) is 6.05. The van der Waals surface area contributed by atoms with E-state index in [1.54, 1.807) is 25.2 Å². The summed E-state index contributed by atoms with van der Waals surface area (Å²) in [5.74, 6) is 0.0760. The number of hydrogen-bond donors (Lipinski definition) is 2. The van der Waals surface area contributed by atoms with E-state index >= 15 is 0 Å². The lowest BCUT2D eigenvalue weighted by Gasteiger charge is -2.04. The van der Waals surface area contributed by atoms with Crippen LogP contribution in [0, 0.1) is 0 Å². The van der Waals surface area contributed by atoms with Crippen LogP contribution in [0.5, 0.6) is 0 Å². The first-order valence-electron chi connectivity index (χ1n) is 6.70. The van der Waals surface area contributed by atoms with Crippen molar-refractivity contribution in [2.75, 3.05) is 23.4 Å². The van der Waals surface area contributed by atoms with Gasteiger partial charge in [0.25, 0.3) is 0 Å². The molecule has 0 saturated carbocycles. The zero-order chi connectivity index (χ0) is 15.7. The molecule has 6 nitrogen and oxygen atoms in total. The van der Waals surface area contributed by atoms with Crippen molar-refractivity contribution >= 4 is 45.6 Å². The number of nitrogens with zero attached hydrogens (tertiary/aromatic N) is 2. The lowest BCUT2D eigenvalue weighted by molar-refractivity contribution is -0.116. The number of carbonyl (C=O) groups is 2. The van der Waals surface area contributed by atoms with Gasteiger partial charge in [-0.2, -0.15) is 0 Å². The van der Waals surface area contributed by atoms with E-state index in [0.29, 0.717) is 11.3 Å². The molecule has 0 aliphatic carbocycles. The Morgan fingerprint density at radius 1 is 1.45 bits per heavy atom. The third kappa shape index (κ3) is 2.84. The largest absolute Gasteiger partial charge is 0.363 e. The average molecular weight is 334 g/mol. The van der Waals surface area contributed by atoms with Gasteiger partial charge in [-0.25, -0.2) is 0 Å². The first-order chi connectivity index (χ1) is 10.6. The maximum absolute atomic E-state index is 12.3. The average Bonchev–Trinajstić information content (AvgIpc) is 3.10. The Morgan fingerprint density at radius 2 is 2.27 bits per heavy atom. The predicted molar refractivity (Wildman–Crippen MR) is 88.0 cm³/mol. The molecule has 1 aliphatic rings. The molecule has 2 N–H and O–H groups in total. The van der Waals surface area contributed by atoms with E-state index in [4.69, 9.17) is 0 Å². The molecular formula is C14H14N4O2S2. The van der Waals surface area contributed by atoms with Gasteiger partial charge in [-0.05, 0) is 30.7 Å². The number of fused-ring (bicyclic) bond motifs is 1. The molecule has 0 bridgehead atoms. The molecule has 0 unspecified atom stereocenters. The molecule has 1 aromatic carbocycles. The van der Waals surface area contributed by atoms with Gasteiger partial charge in [-0.3, -0.25) is 9.59 Å². The van der Waals surface area contributed by atoms with Gasteiger partial charge in [0.05, 0.1) is 11.7 Å². The number of Topliss-reactive ketones (excluding diaryl/α,β-unsaturated/α-hetero) is 1. The Bertz CT molecular complexity index is 744. The van der Waals surface area contributed by atoms with Gasteiger partial charge in [-0.15, -0.1) is 10.2 Å². The number of benzene rings is 1. The van der Waals surface area contributed by atoms with Crippen molar-refractivity contribution in [1.29, 1.82) is 0 Å². The number of carbonyl (C=O) groups excluding carboxylic acids is 2. The van der Waals surface area contributed by atoms with E-state index in [1.807, 2.05) is 6.92 Å². The Balaban J connectivity index is 1.69. The Labute approximate surface area is 135 Å². The Kier molecular flexibility index (Phi) is 4.12. The standard InChI is InChI=1S/C14H14N4O2S2/c1-7-9-5-8(3-4-10(9)16-12(7)20)11(19)6-21-14-18-17-13(15-2)22-14/h3-5,7H,6H2,1-2H3,(H,15,17)(H,16,20)/t7-/m0/s1. The molecule has 1 aromatic heterocycles. The van der Waals surface area contributed by atoms with E-state index < -0.39 is 0 Å². The molecule has 22 heavy (non-hydrogen) atoms. The summed E-state index contributed by atoms with van der Waals surface area (Å²) in [7, 11) is 1.78. The van der Waals surface area contributed by atoms with Crippen LogP contribution in [0.3, 0.4) is 0 Å². The number of amides is 1. The lowest BCUT2D eigenvalue weighted by Crippen LogP contribution is -2.08. The van der Waals surface area contributed by atoms with Gasteiger partial charge < -0.3 is 10.6 Å². The molecule has 3 rings (SSSR count). The third-order valence-corrected chi connectivity index (χ3v) is 5.51. The van der Waals surface area contributed by atoms with Crippen molar-refractivity contribution in [2.24, 2.45) is 0 Å². The summed E-state index contributed by atoms with van der Waals surface area (Å²) in [5.41, 5.74) is 2.30. The second-order valence-corrected chi connectivity index (χ2v) is 7.05. The van der Waals surface area contributed by atoms with Crippen molar-refractivity contribution < 1.29 is 9.59 Å². The van der Waals surface area contributed by atoms with Crippen LogP contribution in [0.2, 0.25) is 0 Å². The molecule has 0 spiro atoms. The highest BCUT2D eigenvalue weighted by atomic mass is 32.2. The minimum Gasteiger partial charge on any atom is -0.363 e. The lowest BCUT2D eigenvalue weighted by atomic mass is 9.99. The van der Waals surface area contributed by atoms with Gasteiger partial charge in [0.1, 0.15) is 0 Å². The summed E-state index contributed by atoms with van der Waals surface area (Å²) in [4.78, 5) is 23.9. The number of thioether (sulfide) groups is 1. The zero-order valence-electron chi connectivity index (χ0n) is 12.0. The highest BCUT2D eigenvalue weighted by Crippen LogP contribution is 2.33. The highest BCUT2D eigenvalue weighted by molar-refractivity contribution is 8.01. The Hall–Kier alpha value is -1.93. The summed E-state index contributed by atoms with van der Waals surface area (Å²) >= 11 is 2.78. The smallest absolute Gasteiger partial charge is 0.231 e. The van der Waals surface area contributed by atoms with Crippen LogP contribution >= 0.6 is 23.1 Å². The van der Waals surface area contributed by atoms with Crippen LogP contribution in [0.1, 0.15) is 28.8 Å². The molecule has 1 amide bonds. The number of nitrogens with one attached hydrogen (secondary N) is 2. The molecule has 1 atom stereocenters. The van der Waals surface area contributed by atoms with Crippen LogP contribution in [-0.4, -0.2) is 34.7 Å². The van der Waals surface area contributed by atoms with Gasteiger partial charge in [0.2, 0.25) is 11.0 Å². The molecular weight excluding hydrogens is 320 g/mol. The molecule has 114 valence electrons. The van der Waals surface area contributed by atoms with Gasteiger partial charge >= 0.3 is 0 Å². The van der Waals surface area contributed by atoms with Crippen molar-refractivity contribution in [3.05, 3.63) is 29.3 Å². The second-order valence-electron chi connectivity index (χ2n) is 4.85. The predicted octanol–water partition coefficient (Wildman–Crippen LogP) is 2.61. The summed E-state index contributed by atoms with van der Waals surface area (Å²) in [5, 5.41) is 14.4. The van der Waals surface area contributed by atoms with Crippen molar-refractivity contribution in [1.82, 2.24) is 10.2 Å². The normalized spacial score (nSPS) is 16.3. The van der Waals surface area contributed by atoms with Crippen LogP contribution in [0.4, 0.5) is 10.8 Å². The molecule has 0 saturated heterocycles. The van der Waals surface area contributed by atoms with Crippen LogP contribution in [-0.2, 0) is 4.79 Å².